The predicted molar refractivity (Wildman–Crippen MR) is 109 cm³/mol. The Bertz CT molecular complexity index is 412. The summed E-state index contributed by atoms with van der Waals surface area (Å²) in [7, 11) is 0. The minimum Gasteiger partial charge on any atom is -0.312 e. The van der Waals surface area contributed by atoms with Gasteiger partial charge in [0.15, 0.2) is 0 Å². The van der Waals surface area contributed by atoms with E-state index in [1.807, 2.05) is 0 Å². The van der Waals surface area contributed by atoms with Crippen LogP contribution < -0.4 is 10.6 Å². The summed E-state index contributed by atoms with van der Waals surface area (Å²) in [5, 5.41) is 8.69. The first-order chi connectivity index (χ1) is 10.8. The average Bonchev–Trinajstić information content (AvgIpc) is 3.15. The van der Waals surface area contributed by atoms with Gasteiger partial charge in [0.05, 0.1) is 0 Å². The zero-order chi connectivity index (χ0) is 17.4. The van der Waals surface area contributed by atoms with Crippen molar-refractivity contribution in [2.75, 3.05) is 11.9 Å². The van der Waals surface area contributed by atoms with Crippen molar-refractivity contribution in [2.24, 2.45) is 29.1 Å². The molecule has 8 unspecified atom stereocenters. The van der Waals surface area contributed by atoms with Crippen molar-refractivity contribution in [1.29, 1.82) is 0 Å². The maximum atomic E-state index is 4.03. The molecule has 2 saturated carbocycles. The van der Waals surface area contributed by atoms with Gasteiger partial charge in [-0.25, -0.2) is 0 Å². The second-order valence-corrected chi connectivity index (χ2v) is 10.0. The first-order valence-corrected chi connectivity index (χ1v) is 11.1. The van der Waals surface area contributed by atoms with E-state index in [-0.39, 0.29) is 0 Å². The van der Waals surface area contributed by atoms with Gasteiger partial charge in [0.1, 0.15) is 0 Å². The lowest BCUT2D eigenvalue weighted by atomic mass is 9.68. The van der Waals surface area contributed by atoms with Gasteiger partial charge in [-0.15, -0.1) is 6.58 Å². The van der Waals surface area contributed by atoms with E-state index < -0.39 is 0 Å². The number of halogens is 2. The highest BCUT2D eigenvalue weighted by Crippen LogP contribution is 2.49. The second kappa shape index (κ2) is 7.88. The number of hydrogen-bond acceptors (Lipinski definition) is 2. The summed E-state index contributed by atoms with van der Waals surface area (Å²) in [6.07, 6.45) is 3.36. The molecule has 23 heavy (non-hydrogen) atoms. The molecule has 0 aromatic carbocycles. The fourth-order valence-corrected chi connectivity index (χ4v) is 7.84. The largest absolute Gasteiger partial charge is 0.312 e. The van der Waals surface area contributed by atoms with E-state index in [4.69, 9.17) is 0 Å². The van der Waals surface area contributed by atoms with Crippen molar-refractivity contribution < 1.29 is 0 Å². The molecule has 2 rings (SSSR count). The third-order valence-electron chi connectivity index (χ3n) is 6.65. The van der Waals surface area contributed by atoms with Crippen LogP contribution in [-0.2, 0) is 0 Å². The Morgan fingerprint density at radius 1 is 1.22 bits per heavy atom. The van der Waals surface area contributed by atoms with Crippen LogP contribution in [0.1, 0.15) is 41.0 Å². The minimum atomic E-state index is 0.298. The molecule has 2 aliphatic carbocycles. The Labute approximate surface area is 159 Å². The van der Waals surface area contributed by atoms with Gasteiger partial charge in [0.25, 0.3) is 0 Å². The van der Waals surface area contributed by atoms with Crippen LogP contribution in [0.4, 0.5) is 0 Å². The quantitative estimate of drug-likeness (QED) is 0.352. The van der Waals surface area contributed by atoms with Gasteiger partial charge in [0, 0.05) is 34.2 Å². The van der Waals surface area contributed by atoms with Crippen LogP contribution in [-0.4, -0.2) is 34.8 Å². The van der Waals surface area contributed by atoms with Crippen molar-refractivity contribution in [2.45, 2.75) is 64.0 Å². The van der Waals surface area contributed by atoms with Gasteiger partial charge in [-0.3, -0.25) is 0 Å². The highest BCUT2D eigenvalue weighted by atomic mass is 79.9. The number of alkyl halides is 2. The molecule has 0 bridgehead atoms. The third kappa shape index (κ3) is 3.91. The van der Waals surface area contributed by atoms with Gasteiger partial charge in [-0.2, -0.15) is 0 Å². The van der Waals surface area contributed by atoms with Gasteiger partial charge in [0.2, 0.25) is 0 Å². The van der Waals surface area contributed by atoms with Crippen molar-refractivity contribution in [3.8, 4) is 0 Å². The Hall–Kier alpha value is 0.620. The van der Waals surface area contributed by atoms with E-state index in [9.17, 15) is 0 Å². The Balaban J connectivity index is 2.16. The molecule has 134 valence electrons. The van der Waals surface area contributed by atoms with Crippen LogP contribution in [0.15, 0.2) is 12.7 Å². The van der Waals surface area contributed by atoms with Crippen molar-refractivity contribution in [3.63, 3.8) is 0 Å². The SMILES string of the molecule is C=CC1C(NCC)C1NC1C(C)CC(Br)C(CBr)C(C)(C)C1C. The highest BCUT2D eigenvalue weighted by Gasteiger charge is 2.52. The summed E-state index contributed by atoms with van der Waals surface area (Å²) in [5.41, 5.74) is 0.298. The summed E-state index contributed by atoms with van der Waals surface area (Å²) in [6, 6.07) is 1.67. The number of likely N-dealkylation sites (N-methyl/N-ethyl adjacent to an activating group) is 1. The Morgan fingerprint density at radius 3 is 2.39 bits per heavy atom. The molecule has 0 aromatic rings. The fourth-order valence-electron chi connectivity index (χ4n) is 4.59. The molecule has 0 spiro atoms. The molecule has 0 radical (unpaired) electrons. The maximum absolute atomic E-state index is 4.03. The van der Waals surface area contributed by atoms with Gasteiger partial charge in [-0.1, -0.05) is 72.6 Å². The van der Waals surface area contributed by atoms with Gasteiger partial charge < -0.3 is 10.6 Å². The van der Waals surface area contributed by atoms with Crippen LogP contribution in [0.2, 0.25) is 0 Å². The average molecular weight is 450 g/mol. The van der Waals surface area contributed by atoms with Crippen molar-refractivity contribution >= 4 is 31.9 Å². The van der Waals surface area contributed by atoms with Crippen molar-refractivity contribution in [1.82, 2.24) is 10.6 Å². The Kier molecular flexibility index (Phi) is 6.83. The molecule has 0 heterocycles. The van der Waals surface area contributed by atoms with Crippen LogP contribution in [0.3, 0.4) is 0 Å². The van der Waals surface area contributed by atoms with Gasteiger partial charge >= 0.3 is 0 Å². The standard InChI is InChI=1S/C19H34Br2N2/c1-7-13-17(22-8-2)18(13)23-16-11(3)9-15(21)14(10-20)19(5,6)12(16)4/h7,11-18,22-23H,1,8-10H2,2-6H3. The van der Waals surface area contributed by atoms with Crippen LogP contribution >= 0.6 is 31.9 Å². The van der Waals surface area contributed by atoms with Crippen LogP contribution in [0.25, 0.3) is 0 Å². The molecule has 0 amide bonds. The second-order valence-electron chi connectivity index (χ2n) is 8.21. The van der Waals surface area contributed by atoms with E-state index in [1.54, 1.807) is 0 Å². The highest BCUT2D eigenvalue weighted by molar-refractivity contribution is 9.10. The molecule has 0 saturated heterocycles. The fraction of sp³-hybridized carbons (Fsp3) is 0.895. The molecule has 4 heteroatoms. The summed E-state index contributed by atoms with van der Waals surface area (Å²) < 4.78 is 0. The zero-order valence-corrected chi connectivity index (χ0v) is 18.5. The predicted octanol–water partition coefficient (Wildman–Crippen LogP) is 4.58. The molecule has 2 nitrogen and oxygen atoms in total. The maximum Gasteiger partial charge on any atom is 0.0308 e. The van der Waals surface area contributed by atoms with E-state index in [0.29, 0.717) is 52.0 Å². The first-order valence-electron chi connectivity index (χ1n) is 9.11. The van der Waals surface area contributed by atoms with Crippen LogP contribution in [0.5, 0.6) is 0 Å². The smallest absolute Gasteiger partial charge is 0.0308 e. The molecular weight excluding hydrogens is 416 g/mol. The first kappa shape index (κ1) is 19.9. The van der Waals surface area contributed by atoms with Crippen LogP contribution in [0, 0.1) is 29.1 Å². The van der Waals surface area contributed by atoms with E-state index in [0.717, 1.165) is 11.9 Å². The third-order valence-corrected chi connectivity index (χ3v) is 8.36. The summed E-state index contributed by atoms with van der Waals surface area (Å²) in [6.45, 7) is 17.0. The molecule has 2 fully saturated rings. The van der Waals surface area contributed by atoms with E-state index in [1.165, 1.54) is 6.42 Å². The Morgan fingerprint density at radius 2 is 1.87 bits per heavy atom. The monoisotopic (exact) mass is 448 g/mol. The summed E-state index contributed by atoms with van der Waals surface area (Å²) in [4.78, 5) is 0.583. The zero-order valence-electron chi connectivity index (χ0n) is 15.3. The van der Waals surface area contributed by atoms with Crippen molar-refractivity contribution in [3.05, 3.63) is 12.7 Å². The number of hydrogen-bond donors (Lipinski definition) is 2. The molecule has 2 aliphatic rings. The molecule has 2 N–H and O–H groups in total. The number of rotatable bonds is 6. The minimum absolute atomic E-state index is 0.298. The lowest BCUT2D eigenvalue weighted by Crippen LogP contribution is -2.48. The molecule has 8 atom stereocenters. The van der Waals surface area contributed by atoms with Gasteiger partial charge in [-0.05, 0) is 36.1 Å². The molecular formula is C19H34Br2N2. The normalized spacial score (nSPS) is 46.2. The van der Waals surface area contributed by atoms with E-state index >= 15 is 0 Å². The summed E-state index contributed by atoms with van der Waals surface area (Å²) >= 11 is 7.76. The lowest BCUT2D eigenvalue weighted by Gasteiger charge is -2.42. The number of nitrogens with one attached hydrogen (secondary N) is 2. The topological polar surface area (TPSA) is 24.1 Å². The lowest BCUT2D eigenvalue weighted by molar-refractivity contribution is 0.114. The van der Waals surface area contributed by atoms with E-state index in [2.05, 4.69) is 89.8 Å². The molecule has 0 aromatic heterocycles. The molecule has 0 aliphatic heterocycles. The summed E-state index contributed by atoms with van der Waals surface area (Å²) in [5.74, 6) is 2.54.